The Morgan fingerprint density at radius 3 is 2.54 bits per heavy atom. The van der Waals surface area contributed by atoms with Crippen LogP contribution in [-0.4, -0.2) is 27.7 Å². The van der Waals surface area contributed by atoms with Crippen LogP contribution in [0.3, 0.4) is 0 Å². The first-order chi connectivity index (χ1) is 12.6. The second kappa shape index (κ2) is 7.57. The molecule has 5 heteroatoms. The second-order valence-corrected chi connectivity index (χ2v) is 6.51. The molecule has 0 radical (unpaired) electrons. The molecule has 1 aliphatic rings. The molecule has 134 valence electrons. The molecule has 0 fully saturated rings. The molecule has 0 aliphatic carbocycles. The van der Waals surface area contributed by atoms with Gasteiger partial charge in [0.15, 0.2) is 0 Å². The monoisotopic (exact) mass is 350 g/mol. The number of aromatic nitrogens is 2. The van der Waals surface area contributed by atoms with Gasteiger partial charge in [-0.25, -0.2) is 9.97 Å². The maximum atomic E-state index is 10.7. The number of aliphatic carboxylic acids is 1. The number of benzene rings is 1. The number of ether oxygens (including phenoxy) is 1. The topological polar surface area (TPSA) is 72.3 Å². The summed E-state index contributed by atoms with van der Waals surface area (Å²) < 4.78 is 5.83. The first-order valence-electron chi connectivity index (χ1n) is 8.88. The van der Waals surface area contributed by atoms with Crippen LogP contribution in [-0.2, 0) is 16.6 Å². The van der Waals surface area contributed by atoms with Crippen LogP contribution < -0.4 is 4.74 Å². The van der Waals surface area contributed by atoms with E-state index in [0.29, 0.717) is 5.56 Å². The highest BCUT2D eigenvalue weighted by Crippen LogP contribution is 2.43. The molecule has 1 aromatic heterocycles. The van der Waals surface area contributed by atoms with Gasteiger partial charge in [-0.05, 0) is 37.5 Å². The van der Waals surface area contributed by atoms with Crippen LogP contribution in [0.4, 0.5) is 0 Å². The van der Waals surface area contributed by atoms with Crippen molar-refractivity contribution in [2.75, 3.05) is 6.61 Å². The number of carbonyl (C=O) groups is 1. The van der Waals surface area contributed by atoms with Crippen molar-refractivity contribution in [3.05, 3.63) is 53.1 Å². The number of fused-ring (bicyclic) bond motifs is 1. The lowest BCUT2D eigenvalue weighted by Crippen LogP contribution is -2.31. The molecule has 0 saturated heterocycles. The third-order valence-electron chi connectivity index (χ3n) is 5.11. The van der Waals surface area contributed by atoms with Crippen molar-refractivity contribution >= 4 is 5.97 Å². The van der Waals surface area contributed by atoms with Crippen LogP contribution in [0.25, 0.3) is 0 Å². The van der Waals surface area contributed by atoms with Crippen molar-refractivity contribution in [3.8, 4) is 17.6 Å². The minimum absolute atomic E-state index is 0.160. The van der Waals surface area contributed by atoms with Gasteiger partial charge in [-0.1, -0.05) is 25.7 Å². The molecule has 0 bridgehead atoms. The summed E-state index contributed by atoms with van der Waals surface area (Å²) in [6.07, 6.45) is 6.12. The number of nitrogens with zero attached hydrogens (tertiary/aromatic N) is 2. The average Bonchev–Trinajstić information content (AvgIpc) is 2.66. The SMILES string of the molecule is CCC1(CC)CCOc2ccc(C#Cc3cnc(CC(=O)O)nc3)cc21. The van der Waals surface area contributed by atoms with Crippen molar-refractivity contribution in [1.82, 2.24) is 9.97 Å². The summed E-state index contributed by atoms with van der Waals surface area (Å²) >= 11 is 0. The highest BCUT2D eigenvalue weighted by molar-refractivity contribution is 5.68. The van der Waals surface area contributed by atoms with Gasteiger partial charge in [-0.15, -0.1) is 0 Å². The van der Waals surface area contributed by atoms with E-state index >= 15 is 0 Å². The Balaban J connectivity index is 1.86. The Kier molecular flexibility index (Phi) is 5.22. The Labute approximate surface area is 153 Å². The zero-order chi connectivity index (χ0) is 18.6. The van der Waals surface area contributed by atoms with Gasteiger partial charge >= 0.3 is 5.97 Å². The highest BCUT2D eigenvalue weighted by atomic mass is 16.5. The van der Waals surface area contributed by atoms with E-state index in [0.717, 1.165) is 37.2 Å². The Morgan fingerprint density at radius 2 is 1.88 bits per heavy atom. The first-order valence-corrected chi connectivity index (χ1v) is 8.88. The van der Waals surface area contributed by atoms with Gasteiger partial charge in [0.05, 0.1) is 12.2 Å². The van der Waals surface area contributed by atoms with E-state index in [1.54, 1.807) is 12.4 Å². The Hall–Kier alpha value is -2.87. The molecule has 2 heterocycles. The molecule has 5 nitrogen and oxygen atoms in total. The molecule has 3 rings (SSSR count). The highest BCUT2D eigenvalue weighted by Gasteiger charge is 2.34. The fourth-order valence-corrected chi connectivity index (χ4v) is 3.41. The summed E-state index contributed by atoms with van der Waals surface area (Å²) in [5.74, 6) is 6.50. The minimum Gasteiger partial charge on any atom is -0.493 e. The smallest absolute Gasteiger partial charge is 0.311 e. The molecule has 0 unspecified atom stereocenters. The van der Waals surface area contributed by atoms with Crippen molar-refractivity contribution < 1.29 is 14.6 Å². The lowest BCUT2D eigenvalue weighted by Gasteiger charge is -2.37. The summed E-state index contributed by atoms with van der Waals surface area (Å²) in [6, 6.07) is 6.10. The predicted molar refractivity (Wildman–Crippen MR) is 98.2 cm³/mol. The number of hydrogen-bond acceptors (Lipinski definition) is 4. The largest absolute Gasteiger partial charge is 0.493 e. The minimum atomic E-state index is -0.949. The maximum absolute atomic E-state index is 10.7. The van der Waals surface area contributed by atoms with Crippen LogP contribution >= 0.6 is 0 Å². The van der Waals surface area contributed by atoms with Crippen molar-refractivity contribution in [3.63, 3.8) is 0 Å². The second-order valence-electron chi connectivity index (χ2n) is 6.51. The molecule has 26 heavy (non-hydrogen) atoms. The molecular formula is C21H22N2O3. The van der Waals surface area contributed by atoms with Crippen molar-refractivity contribution in [2.45, 2.75) is 44.9 Å². The van der Waals surface area contributed by atoms with E-state index in [-0.39, 0.29) is 17.7 Å². The molecule has 0 amide bonds. The molecule has 0 atom stereocenters. The van der Waals surface area contributed by atoms with Gasteiger partial charge < -0.3 is 9.84 Å². The Morgan fingerprint density at radius 1 is 1.19 bits per heavy atom. The van der Waals surface area contributed by atoms with Crippen molar-refractivity contribution in [1.29, 1.82) is 0 Å². The zero-order valence-corrected chi connectivity index (χ0v) is 15.1. The first kappa shape index (κ1) is 17.9. The van der Waals surface area contributed by atoms with Crippen LogP contribution in [0.1, 0.15) is 55.6 Å². The van der Waals surface area contributed by atoms with E-state index in [1.165, 1.54) is 5.56 Å². The van der Waals surface area contributed by atoms with E-state index < -0.39 is 5.97 Å². The predicted octanol–water partition coefficient (Wildman–Crippen LogP) is 3.34. The molecule has 1 N–H and O–H groups in total. The lowest BCUT2D eigenvalue weighted by molar-refractivity contribution is -0.136. The zero-order valence-electron chi connectivity index (χ0n) is 15.1. The summed E-state index contributed by atoms with van der Waals surface area (Å²) in [6.45, 7) is 5.22. The summed E-state index contributed by atoms with van der Waals surface area (Å²) in [7, 11) is 0. The van der Waals surface area contributed by atoms with Gasteiger partial charge in [0.25, 0.3) is 0 Å². The van der Waals surface area contributed by atoms with Crippen LogP contribution in [0.2, 0.25) is 0 Å². The number of hydrogen-bond donors (Lipinski definition) is 1. The average molecular weight is 350 g/mol. The Bertz CT molecular complexity index is 859. The molecule has 0 saturated carbocycles. The number of carboxylic acids is 1. The standard InChI is InChI=1S/C21H22N2O3/c1-3-21(4-2)9-10-26-18-8-7-15(11-17(18)21)5-6-16-13-22-19(23-14-16)12-20(24)25/h7-8,11,13-14H,3-4,9-10,12H2,1-2H3,(H,24,25). The van der Waals surface area contributed by atoms with Gasteiger partial charge in [0.2, 0.25) is 0 Å². The van der Waals surface area contributed by atoms with E-state index in [2.05, 4.69) is 41.7 Å². The summed E-state index contributed by atoms with van der Waals surface area (Å²) in [5.41, 5.74) is 2.99. The molecule has 1 aliphatic heterocycles. The van der Waals surface area contributed by atoms with Crippen LogP contribution in [0.5, 0.6) is 5.75 Å². The number of rotatable bonds is 4. The molecule has 2 aromatic rings. The van der Waals surface area contributed by atoms with E-state index in [4.69, 9.17) is 9.84 Å². The molecule has 1 aromatic carbocycles. The van der Waals surface area contributed by atoms with Gasteiger partial charge in [0, 0.05) is 28.9 Å². The quantitative estimate of drug-likeness (QED) is 0.856. The van der Waals surface area contributed by atoms with E-state index in [1.807, 2.05) is 12.1 Å². The molecular weight excluding hydrogens is 328 g/mol. The van der Waals surface area contributed by atoms with Crippen LogP contribution in [0.15, 0.2) is 30.6 Å². The fraction of sp³-hybridized carbons (Fsp3) is 0.381. The molecule has 0 spiro atoms. The van der Waals surface area contributed by atoms with E-state index in [9.17, 15) is 4.79 Å². The summed E-state index contributed by atoms with van der Waals surface area (Å²) in [5, 5.41) is 8.75. The number of carboxylic acid groups (broad SMARTS) is 1. The van der Waals surface area contributed by atoms with Crippen molar-refractivity contribution in [2.24, 2.45) is 0 Å². The summed E-state index contributed by atoms with van der Waals surface area (Å²) in [4.78, 5) is 18.7. The third-order valence-corrected chi connectivity index (χ3v) is 5.11. The van der Waals surface area contributed by atoms with Gasteiger partial charge in [-0.2, -0.15) is 0 Å². The fourth-order valence-electron chi connectivity index (χ4n) is 3.41. The third kappa shape index (κ3) is 3.70. The lowest BCUT2D eigenvalue weighted by atomic mass is 9.71. The maximum Gasteiger partial charge on any atom is 0.311 e. The van der Waals surface area contributed by atoms with Gasteiger partial charge in [0.1, 0.15) is 18.0 Å². The van der Waals surface area contributed by atoms with Gasteiger partial charge in [-0.3, -0.25) is 4.79 Å². The van der Waals surface area contributed by atoms with Crippen LogP contribution in [0, 0.1) is 11.8 Å². The normalized spacial score (nSPS) is 14.5.